The molecule has 0 aromatic heterocycles. The van der Waals surface area contributed by atoms with E-state index in [4.69, 9.17) is 0 Å². The number of hydrogen-bond acceptors (Lipinski definition) is 0. The molecule has 18 atom stereocenters. The first kappa shape index (κ1) is 43.0. The molecule has 0 bridgehead atoms. The van der Waals surface area contributed by atoms with Crippen LogP contribution >= 0.6 is 0 Å². The highest BCUT2D eigenvalue weighted by Crippen LogP contribution is 2.50. The molecular formula is C43H88. The molecule has 0 radical (unpaired) electrons. The van der Waals surface area contributed by atoms with Gasteiger partial charge >= 0.3 is 0 Å². The Morgan fingerprint density at radius 2 is 0.442 bits per heavy atom. The summed E-state index contributed by atoms with van der Waals surface area (Å²) in [5.74, 6) is 13.5. The second kappa shape index (κ2) is 18.4. The van der Waals surface area contributed by atoms with Crippen molar-refractivity contribution in [2.24, 2.45) is 112 Å². The van der Waals surface area contributed by atoms with Crippen LogP contribution in [0.25, 0.3) is 0 Å². The molecule has 0 saturated heterocycles. The second-order valence-electron chi connectivity index (χ2n) is 18.2. The summed E-state index contributed by atoms with van der Waals surface area (Å²) >= 11 is 0. The highest BCUT2D eigenvalue weighted by atomic mass is 14.5. The second-order valence-corrected chi connectivity index (χ2v) is 18.2. The van der Waals surface area contributed by atoms with Crippen molar-refractivity contribution in [1.29, 1.82) is 0 Å². The fraction of sp³-hybridized carbons (Fsp3) is 1.00. The molecule has 43 heavy (non-hydrogen) atoms. The molecule has 0 aliphatic heterocycles. The van der Waals surface area contributed by atoms with Crippen LogP contribution in [-0.4, -0.2) is 0 Å². The van der Waals surface area contributed by atoms with Gasteiger partial charge in [-0.3, -0.25) is 0 Å². The Morgan fingerprint density at radius 1 is 0.279 bits per heavy atom. The third kappa shape index (κ3) is 10.5. The lowest BCUT2D eigenvalue weighted by atomic mass is 9.56. The van der Waals surface area contributed by atoms with Gasteiger partial charge in [-0.15, -0.1) is 0 Å². The normalized spacial score (nSPS) is 25.8. The summed E-state index contributed by atoms with van der Waals surface area (Å²) in [5, 5.41) is 0. The third-order valence-corrected chi connectivity index (χ3v) is 17.0. The van der Waals surface area contributed by atoms with Gasteiger partial charge < -0.3 is 0 Å². The van der Waals surface area contributed by atoms with E-state index in [0.29, 0.717) is 29.1 Å². The smallest absolute Gasteiger partial charge is 0.0298 e. The lowest BCUT2D eigenvalue weighted by Crippen LogP contribution is -2.42. The van der Waals surface area contributed by atoms with E-state index < -0.39 is 0 Å². The van der Waals surface area contributed by atoms with Crippen LogP contribution in [0.5, 0.6) is 0 Å². The van der Waals surface area contributed by atoms with Crippen LogP contribution in [0.1, 0.15) is 165 Å². The van der Waals surface area contributed by atoms with Crippen molar-refractivity contribution in [1.82, 2.24) is 0 Å². The largest absolute Gasteiger partial charge is 0.0651 e. The molecule has 0 N–H and O–H groups in total. The molecule has 0 aromatic rings. The lowest BCUT2D eigenvalue weighted by Gasteiger charge is -2.49. The van der Waals surface area contributed by atoms with Gasteiger partial charge in [-0.25, -0.2) is 0 Å². The summed E-state index contributed by atoms with van der Waals surface area (Å²) in [6.07, 6.45) is 2.59. The van der Waals surface area contributed by atoms with Crippen molar-refractivity contribution >= 4 is 0 Å². The SMILES string of the molecule is CCC(C)C(C)C(C)C(C)C(C)C(C)C(C)C(C)C(C)C(C)(C)C(C)C(C)C(C)C(C)C(C)C(C)C(C)C(C)C(C)CC. The van der Waals surface area contributed by atoms with Crippen LogP contribution < -0.4 is 0 Å². The monoisotopic (exact) mass is 605 g/mol. The van der Waals surface area contributed by atoms with Gasteiger partial charge in [0.1, 0.15) is 0 Å². The van der Waals surface area contributed by atoms with Crippen LogP contribution in [0.3, 0.4) is 0 Å². The third-order valence-electron chi connectivity index (χ3n) is 17.0. The van der Waals surface area contributed by atoms with Crippen LogP contribution in [0.2, 0.25) is 0 Å². The fourth-order valence-electron chi connectivity index (χ4n) is 9.25. The van der Waals surface area contributed by atoms with Gasteiger partial charge in [-0.1, -0.05) is 165 Å². The zero-order valence-electron chi connectivity index (χ0n) is 34.3. The van der Waals surface area contributed by atoms with Gasteiger partial charge in [0.2, 0.25) is 0 Å². The van der Waals surface area contributed by atoms with Crippen LogP contribution in [-0.2, 0) is 0 Å². The quantitative estimate of drug-likeness (QED) is 0.130. The maximum Gasteiger partial charge on any atom is -0.0298 e. The highest BCUT2D eigenvalue weighted by molar-refractivity contribution is 4.92. The predicted molar refractivity (Wildman–Crippen MR) is 199 cm³/mol. The van der Waals surface area contributed by atoms with E-state index in [9.17, 15) is 0 Å². The molecule has 0 nitrogen and oxygen atoms in total. The fourth-order valence-corrected chi connectivity index (χ4v) is 9.25. The lowest BCUT2D eigenvalue weighted by molar-refractivity contribution is -0.00171. The molecule has 260 valence electrons. The zero-order chi connectivity index (χ0) is 34.3. The maximum atomic E-state index is 2.61. The van der Waals surface area contributed by atoms with E-state index >= 15 is 0 Å². The Morgan fingerprint density at radius 3 is 0.628 bits per heavy atom. The van der Waals surface area contributed by atoms with Gasteiger partial charge in [-0.2, -0.15) is 0 Å². The average molecular weight is 605 g/mol. The van der Waals surface area contributed by atoms with Gasteiger partial charge in [0.15, 0.2) is 0 Å². The van der Waals surface area contributed by atoms with E-state index in [-0.39, 0.29) is 0 Å². The summed E-state index contributed by atoms with van der Waals surface area (Å²) in [6.45, 7) is 55.8. The Bertz CT molecular complexity index is 674. The van der Waals surface area contributed by atoms with E-state index in [1.54, 1.807) is 0 Å². The molecule has 0 spiro atoms. The average Bonchev–Trinajstić information content (AvgIpc) is 3.01. The van der Waals surface area contributed by atoms with Crippen molar-refractivity contribution < 1.29 is 0 Å². The topological polar surface area (TPSA) is 0 Å². The minimum Gasteiger partial charge on any atom is -0.0651 e. The van der Waals surface area contributed by atoms with E-state index in [2.05, 4.69) is 152 Å². The van der Waals surface area contributed by atoms with Crippen LogP contribution in [0.15, 0.2) is 0 Å². The summed E-state index contributed by atoms with van der Waals surface area (Å²) < 4.78 is 0. The molecular weight excluding hydrogens is 516 g/mol. The van der Waals surface area contributed by atoms with Gasteiger partial charge in [0.05, 0.1) is 0 Å². The summed E-state index contributed by atoms with van der Waals surface area (Å²) in [6, 6.07) is 0. The standard InChI is InChI=1S/C43H88/c1-23-25(3)27(5)29(7)31(9)33(11)35(13)37(15)39(17)41(19)43(21,22)42(20)40(18)38(16)36(14)34(12)32(10)30(8)28(6)26(4)24-2/h25-42H,23-24H2,1-22H3. The first-order valence-electron chi connectivity index (χ1n) is 19.5. The molecule has 0 fully saturated rings. The maximum absolute atomic E-state index is 2.61. The van der Waals surface area contributed by atoms with Gasteiger partial charge in [0.25, 0.3) is 0 Å². The van der Waals surface area contributed by atoms with E-state index in [1.165, 1.54) is 12.8 Å². The van der Waals surface area contributed by atoms with Crippen LogP contribution in [0.4, 0.5) is 0 Å². The van der Waals surface area contributed by atoms with Gasteiger partial charge in [0, 0.05) is 0 Å². The van der Waals surface area contributed by atoms with Crippen molar-refractivity contribution in [3.63, 3.8) is 0 Å². The summed E-state index contributed by atoms with van der Waals surface area (Å²) in [7, 11) is 0. The molecule has 0 amide bonds. The first-order valence-corrected chi connectivity index (χ1v) is 19.5. The highest BCUT2D eigenvalue weighted by Gasteiger charge is 2.43. The molecule has 0 saturated carbocycles. The molecule has 18 unspecified atom stereocenters. The Balaban J connectivity index is 5.63. The van der Waals surface area contributed by atoms with Crippen molar-refractivity contribution in [2.45, 2.75) is 165 Å². The molecule has 0 aromatic carbocycles. The van der Waals surface area contributed by atoms with Crippen molar-refractivity contribution in [3.8, 4) is 0 Å². The predicted octanol–water partition coefficient (Wildman–Crippen LogP) is 14.3. The Kier molecular flexibility index (Phi) is 18.4. The first-order chi connectivity index (χ1) is 19.5. The van der Waals surface area contributed by atoms with Crippen molar-refractivity contribution in [3.05, 3.63) is 0 Å². The Labute approximate surface area is 276 Å². The molecule has 0 heteroatoms. The molecule has 0 aliphatic carbocycles. The Hall–Kier alpha value is 0. The van der Waals surface area contributed by atoms with Crippen LogP contribution in [0, 0.1) is 112 Å². The molecule has 0 rings (SSSR count). The van der Waals surface area contributed by atoms with Crippen molar-refractivity contribution in [2.75, 3.05) is 0 Å². The number of hydrogen-bond donors (Lipinski definition) is 0. The van der Waals surface area contributed by atoms with Gasteiger partial charge in [-0.05, 0) is 112 Å². The molecule has 0 heterocycles. The summed E-state index contributed by atoms with van der Waals surface area (Å²) in [5.41, 5.74) is 0.307. The zero-order valence-corrected chi connectivity index (χ0v) is 34.3. The summed E-state index contributed by atoms with van der Waals surface area (Å²) in [4.78, 5) is 0. The molecule has 0 aliphatic rings. The minimum absolute atomic E-state index is 0.307. The van der Waals surface area contributed by atoms with E-state index in [0.717, 1.165) is 82.9 Å². The number of rotatable bonds is 20. The minimum atomic E-state index is 0.307. The van der Waals surface area contributed by atoms with E-state index in [1.807, 2.05) is 0 Å².